The number of nitrogens with zero attached hydrogens (tertiary/aromatic N) is 6. The fourth-order valence-electron chi connectivity index (χ4n) is 10.2. The molecular weight excluding hydrogens is 781 g/mol. The summed E-state index contributed by atoms with van der Waals surface area (Å²) in [4.78, 5) is 31.0. The van der Waals surface area contributed by atoms with Gasteiger partial charge in [-0.3, -0.25) is 0 Å². The molecule has 3 unspecified atom stereocenters. The van der Waals surface area contributed by atoms with Crippen LogP contribution in [0.15, 0.2) is 194 Å². The Kier molecular flexibility index (Phi) is 9.92. The molecule has 6 heteroatoms. The number of fused-ring (bicyclic) bond motifs is 3. The average molecular weight is 827 g/mol. The Balaban J connectivity index is 1.17. The van der Waals surface area contributed by atoms with Gasteiger partial charge in [0.1, 0.15) is 0 Å². The predicted molar refractivity (Wildman–Crippen MR) is 259 cm³/mol. The van der Waals surface area contributed by atoms with Crippen LogP contribution in [0, 0.1) is 11.8 Å². The lowest BCUT2D eigenvalue weighted by molar-refractivity contribution is 0.249. The molecule has 0 N–H and O–H groups in total. The number of rotatable bonds is 8. The van der Waals surface area contributed by atoms with Gasteiger partial charge in [-0.15, -0.1) is 0 Å². The normalized spacial score (nSPS) is 17.8. The van der Waals surface area contributed by atoms with E-state index in [4.69, 9.17) is 29.9 Å². The summed E-state index contributed by atoms with van der Waals surface area (Å²) in [6.07, 6.45) is 3.28. The summed E-state index contributed by atoms with van der Waals surface area (Å²) >= 11 is 0. The monoisotopic (exact) mass is 826 g/mol. The zero-order chi connectivity index (χ0) is 43.2. The van der Waals surface area contributed by atoms with Crippen LogP contribution in [0.4, 0.5) is 0 Å². The highest BCUT2D eigenvalue weighted by molar-refractivity contribution is 5.94. The maximum Gasteiger partial charge on any atom is 0.164 e. The lowest BCUT2D eigenvalue weighted by Gasteiger charge is -2.41. The molecule has 2 aromatic heterocycles. The standard InChI is InChI=1S/C58H46N6/c1-37-31-38(2)33-46(32-37)58(3)49-29-17-16-27-48(49)51-47(28-18-30-50(51)58)43-34-44(56-61-52(39-19-8-4-9-20-39)59-53(62-56)40-21-10-5-11-22-40)36-45(35-43)57-63-54(41-23-12-6-13-24-41)60-55(64-57)42-25-14-7-15-26-42/h4-30,34-36,38,46H,1,31-33H2,2-3H3. The molecule has 7 aromatic carbocycles. The molecule has 9 aromatic rings. The van der Waals surface area contributed by atoms with Gasteiger partial charge in [0.25, 0.3) is 0 Å². The molecule has 0 aliphatic heterocycles. The number of benzene rings is 7. The molecule has 2 heterocycles. The zero-order valence-electron chi connectivity index (χ0n) is 36.0. The van der Waals surface area contributed by atoms with Crippen molar-refractivity contribution in [3.05, 3.63) is 205 Å². The van der Waals surface area contributed by atoms with Crippen molar-refractivity contribution >= 4 is 0 Å². The van der Waals surface area contributed by atoms with Gasteiger partial charge in [-0.1, -0.05) is 190 Å². The van der Waals surface area contributed by atoms with E-state index in [-0.39, 0.29) is 5.41 Å². The number of aromatic nitrogens is 6. The Morgan fingerprint density at radius 3 is 1.23 bits per heavy atom. The third kappa shape index (κ3) is 7.11. The fourth-order valence-corrected chi connectivity index (χ4v) is 10.2. The topological polar surface area (TPSA) is 77.3 Å². The second-order valence-electron chi connectivity index (χ2n) is 17.5. The summed E-state index contributed by atoms with van der Waals surface area (Å²) in [6, 6.07) is 63.0. The van der Waals surface area contributed by atoms with Crippen molar-refractivity contribution < 1.29 is 0 Å². The molecule has 0 spiro atoms. The van der Waals surface area contributed by atoms with Gasteiger partial charge < -0.3 is 0 Å². The van der Waals surface area contributed by atoms with Crippen molar-refractivity contribution in [1.82, 2.24) is 29.9 Å². The van der Waals surface area contributed by atoms with E-state index in [1.807, 2.05) is 121 Å². The second-order valence-corrected chi connectivity index (χ2v) is 17.5. The zero-order valence-corrected chi connectivity index (χ0v) is 36.0. The maximum absolute atomic E-state index is 5.22. The minimum absolute atomic E-state index is 0.188. The minimum Gasteiger partial charge on any atom is -0.208 e. The first kappa shape index (κ1) is 39.2. The van der Waals surface area contributed by atoms with Crippen molar-refractivity contribution in [3.8, 4) is 90.6 Å². The van der Waals surface area contributed by atoms with Gasteiger partial charge in [0.15, 0.2) is 34.9 Å². The van der Waals surface area contributed by atoms with Gasteiger partial charge in [0.05, 0.1) is 0 Å². The molecule has 0 saturated heterocycles. The molecule has 64 heavy (non-hydrogen) atoms. The summed E-state index contributed by atoms with van der Waals surface area (Å²) in [5.41, 5.74) is 13.9. The van der Waals surface area contributed by atoms with E-state index < -0.39 is 0 Å². The molecular formula is C58H46N6. The molecule has 0 amide bonds. The smallest absolute Gasteiger partial charge is 0.164 e. The summed E-state index contributed by atoms with van der Waals surface area (Å²) in [5.74, 6) is 4.54. The molecule has 6 nitrogen and oxygen atoms in total. The third-order valence-electron chi connectivity index (χ3n) is 13.2. The van der Waals surface area contributed by atoms with E-state index in [1.54, 1.807) is 0 Å². The predicted octanol–water partition coefficient (Wildman–Crippen LogP) is 14.0. The van der Waals surface area contributed by atoms with E-state index in [0.717, 1.165) is 63.8 Å². The fraction of sp³-hybridized carbons (Fsp3) is 0.138. The Labute approximate surface area is 374 Å². The van der Waals surface area contributed by atoms with Crippen LogP contribution >= 0.6 is 0 Å². The molecule has 11 rings (SSSR count). The van der Waals surface area contributed by atoms with E-state index >= 15 is 0 Å². The van der Waals surface area contributed by atoms with Crippen molar-refractivity contribution in [2.24, 2.45) is 11.8 Å². The molecule has 308 valence electrons. The molecule has 0 bridgehead atoms. The SMILES string of the molecule is C=C1CC(C)CC(C2(C)c3ccccc3-c3c(-c4cc(-c5nc(-c6ccccc6)nc(-c6ccccc6)n5)cc(-c5nc(-c6ccccc6)nc(-c6ccccc6)n5)c4)cccc32)C1. The first-order valence-corrected chi connectivity index (χ1v) is 22.2. The van der Waals surface area contributed by atoms with Crippen molar-refractivity contribution in [3.63, 3.8) is 0 Å². The second kappa shape index (κ2) is 16.2. The van der Waals surface area contributed by atoms with Crippen molar-refractivity contribution in [2.75, 3.05) is 0 Å². The van der Waals surface area contributed by atoms with Crippen LogP contribution in [-0.4, -0.2) is 29.9 Å². The van der Waals surface area contributed by atoms with Crippen molar-refractivity contribution in [2.45, 2.75) is 38.5 Å². The van der Waals surface area contributed by atoms with Crippen LogP contribution in [0.2, 0.25) is 0 Å². The number of allylic oxidation sites excluding steroid dienone is 1. The van der Waals surface area contributed by atoms with Crippen LogP contribution < -0.4 is 0 Å². The summed E-state index contributed by atoms with van der Waals surface area (Å²) in [6.45, 7) is 9.40. The van der Waals surface area contributed by atoms with Gasteiger partial charge in [0, 0.05) is 38.8 Å². The molecule has 1 fully saturated rings. The van der Waals surface area contributed by atoms with Gasteiger partial charge in [-0.05, 0) is 82.7 Å². The summed E-state index contributed by atoms with van der Waals surface area (Å²) in [5, 5.41) is 0. The summed E-state index contributed by atoms with van der Waals surface area (Å²) in [7, 11) is 0. The van der Waals surface area contributed by atoms with Crippen LogP contribution in [0.5, 0.6) is 0 Å². The summed E-state index contributed by atoms with van der Waals surface area (Å²) < 4.78 is 0. The van der Waals surface area contributed by atoms with Gasteiger partial charge in [-0.2, -0.15) is 0 Å². The number of hydrogen-bond acceptors (Lipinski definition) is 6. The Bertz CT molecular complexity index is 2930. The molecule has 2 aliphatic carbocycles. The van der Waals surface area contributed by atoms with Gasteiger partial charge in [0.2, 0.25) is 0 Å². The van der Waals surface area contributed by atoms with Gasteiger partial charge in [-0.25, -0.2) is 29.9 Å². The molecule has 0 radical (unpaired) electrons. The van der Waals surface area contributed by atoms with E-state index in [1.165, 1.54) is 27.8 Å². The Morgan fingerprint density at radius 1 is 0.406 bits per heavy atom. The highest BCUT2D eigenvalue weighted by Crippen LogP contribution is 2.58. The quantitative estimate of drug-likeness (QED) is 0.142. The third-order valence-corrected chi connectivity index (χ3v) is 13.2. The molecule has 2 aliphatic rings. The lowest BCUT2D eigenvalue weighted by atomic mass is 9.62. The van der Waals surface area contributed by atoms with Crippen LogP contribution in [0.3, 0.4) is 0 Å². The maximum atomic E-state index is 5.22. The largest absolute Gasteiger partial charge is 0.208 e. The lowest BCUT2D eigenvalue weighted by Crippen LogP contribution is -2.35. The Morgan fingerprint density at radius 2 is 0.781 bits per heavy atom. The van der Waals surface area contributed by atoms with Gasteiger partial charge >= 0.3 is 0 Å². The van der Waals surface area contributed by atoms with Crippen LogP contribution in [-0.2, 0) is 5.41 Å². The molecule has 3 atom stereocenters. The van der Waals surface area contributed by atoms with Crippen LogP contribution in [0.25, 0.3) is 90.6 Å². The van der Waals surface area contributed by atoms with Crippen molar-refractivity contribution in [1.29, 1.82) is 0 Å². The highest BCUT2D eigenvalue weighted by Gasteiger charge is 2.47. The van der Waals surface area contributed by atoms with E-state index in [9.17, 15) is 0 Å². The van der Waals surface area contributed by atoms with E-state index in [0.29, 0.717) is 46.8 Å². The number of hydrogen-bond donors (Lipinski definition) is 0. The Hall–Kier alpha value is -7.70. The van der Waals surface area contributed by atoms with E-state index in [2.05, 4.69) is 81.1 Å². The average Bonchev–Trinajstić information content (AvgIpc) is 3.63. The highest BCUT2D eigenvalue weighted by atomic mass is 15.0. The first-order valence-electron chi connectivity index (χ1n) is 22.2. The van der Waals surface area contributed by atoms with Crippen LogP contribution in [0.1, 0.15) is 44.2 Å². The minimum atomic E-state index is -0.188. The first-order chi connectivity index (χ1) is 31.4. The molecule has 1 saturated carbocycles.